The Kier molecular flexibility index (Phi) is 3.72. The summed E-state index contributed by atoms with van der Waals surface area (Å²) in [6.45, 7) is 10.9. The quantitative estimate of drug-likeness (QED) is 0.616. The summed E-state index contributed by atoms with van der Waals surface area (Å²) in [5, 5.41) is 0. The maximum Gasteiger partial charge on any atom is 0.347 e. The minimum absolute atomic E-state index is 0.190. The molecule has 0 saturated heterocycles. The Hall–Kier alpha value is -1.64. The number of ether oxygens (including phenoxy) is 1. The summed E-state index contributed by atoms with van der Waals surface area (Å²) >= 11 is 0. The molecule has 1 aromatic rings. The van der Waals surface area contributed by atoms with Gasteiger partial charge in [-0.2, -0.15) is 0 Å². The van der Waals surface area contributed by atoms with Crippen LogP contribution in [-0.2, 0) is 10.2 Å². The maximum absolute atomic E-state index is 12.0. The van der Waals surface area contributed by atoms with Crippen molar-refractivity contribution >= 4 is 11.9 Å². The monoisotopic (exact) mass is 274 g/mol. The second-order valence-corrected chi connectivity index (χ2v) is 6.30. The number of carbonyl (C=O) groups excluding carboxylic acids is 2. The molecule has 0 bridgehead atoms. The molecule has 0 aliphatic carbocycles. The molecule has 0 unspecified atom stereocenters. The van der Waals surface area contributed by atoms with Crippen LogP contribution >= 0.6 is 0 Å². The average molecular weight is 274 g/mol. The van der Waals surface area contributed by atoms with Crippen LogP contribution in [0.3, 0.4) is 0 Å². The van der Waals surface area contributed by atoms with Crippen LogP contribution in [0.5, 0.6) is 0 Å². The fourth-order valence-electron chi connectivity index (χ4n) is 2.98. The average Bonchev–Trinajstić information content (AvgIpc) is 2.72. The first-order chi connectivity index (χ1) is 9.30. The van der Waals surface area contributed by atoms with E-state index in [1.807, 2.05) is 12.1 Å². The summed E-state index contributed by atoms with van der Waals surface area (Å²) in [6, 6.07) is 5.44. The van der Waals surface area contributed by atoms with Crippen LogP contribution in [0.2, 0.25) is 0 Å². The molecule has 0 radical (unpaired) electrons. The Morgan fingerprint density at radius 1 is 1.15 bits per heavy atom. The first kappa shape index (κ1) is 14.8. The number of benzene rings is 1. The molecule has 0 saturated carbocycles. The highest BCUT2D eigenvalue weighted by Crippen LogP contribution is 2.40. The lowest BCUT2D eigenvalue weighted by molar-refractivity contribution is 0.0442. The summed E-state index contributed by atoms with van der Waals surface area (Å²) in [6.07, 6.45) is 1.09. The number of fused-ring (bicyclic) bond motifs is 1. The predicted octanol–water partition coefficient (Wildman–Crippen LogP) is 3.96. The van der Waals surface area contributed by atoms with Crippen LogP contribution in [0.1, 0.15) is 67.3 Å². The molecular formula is C17H22O3. The zero-order chi connectivity index (χ0) is 15.1. The van der Waals surface area contributed by atoms with Crippen LogP contribution in [-0.4, -0.2) is 11.9 Å². The third kappa shape index (κ3) is 2.15. The van der Waals surface area contributed by atoms with Crippen molar-refractivity contribution < 1.29 is 14.3 Å². The maximum atomic E-state index is 12.0. The van der Waals surface area contributed by atoms with Crippen LogP contribution in [0, 0.1) is 11.8 Å². The minimum atomic E-state index is -0.529. The molecule has 20 heavy (non-hydrogen) atoms. The largest absolute Gasteiger partial charge is 0.386 e. The molecule has 0 aromatic heterocycles. The summed E-state index contributed by atoms with van der Waals surface area (Å²) < 4.78 is 4.76. The van der Waals surface area contributed by atoms with Crippen molar-refractivity contribution in [1.29, 1.82) is 0 Å². The SMILES string of the molecule is CC[C@H](C)[C@H](C)C(C)(C)c1cccc2c1C(=O)OC2=O. The van der Waals surface area contributed by atoms with E-state index >= 15 is 0 Å². The summed E-state index contributed by atoms with van der Waals surface area (Å²) in [7, 11) is 0. The zero-order valence-electron chi connectivity index (χ0n) is 12.8. The molecule has 1 aliphatic heterocycles. The van der Waals surface area contributed by atoms with Gasteiger partial charge >= 0.3 is 11.9 Å². The van der Waals surface area contributed by atoms with Crippen molar-refractivity contribution in [3.63, 3.8) is 0 Å². The Bertz CT molecular complexity index is 557. The van der Waals surface area contributed by atoms with Crippen molar-refractivity contribution in [2.75, 3.05) is 0 Å². The van der Waals surface area contributed by atoms with Gasteiger partial charge in [-0.15, -0.1) is 0 Å². The molecule has 3 heteroatoms. The third-order valence-corrected chi connectivity index (χ3v) is 5.00. The molecule has 1 aromatic carbocycles. The van der Waals surface area contributed by atoms with Gasteiger partial charge in [0.05, 0.1) is 11.1 Å². The fraction of sp³-hybridized carbons (Fsp3) is 0.529. The molecule has 0 fully saturated rings. The van der Waals surface area contributed by atoms with E-state index in [1.54, 1.807) is 6.07 Å². The Morgan fingerprint density at radius 3 is 2.40 bits per heavy atom. The highest BCUT2D eigenvalue weighted by molar-refractivity contribution is 6.15. The molecule has 1 heterocycles. The number of rotatable bonds is 4. The lowest BCUT2D eigenvalue weighted by Crippen LogP contribution is -2.32. The number of hydrogen-bond donors (Lipinski definition) is 0. The topological polar surface area (TPSA) is 43.4 Å². The number of cyclic esters (lactones) is 2. The van der Waals surface area contributed by atoms with Gasteiger partial charge in [0.15, 0.2) is 0 Å². The standard InChI is InChI=1S/C17H22O3/c1-6-10(2)11(3)17(4,5)13-9-7-8-12-14(13)16(19)20-15(12)18/h7-11H,6H2,1-5H3/t10-,11-/m0/s1. The first-order valence-electron chi connectivity index (χ1n) is 7.20. The number of carbonyl (C=O) groups is 2. The molecule has 0 N–H and O–H groups in total. The van der Waals surface area contributed by atoms with E-state index in [0.29, 0.717) is 23.0 Å². The lowest BCUT2D eigenvalue weighted by atomic mass is 9.67. The third-order valence-electron chi connectivity index (χ3n) is 5.00. The van der Waals surface area contributed by atoms with Gasteiger partial charge in [0.1, 0.15) is 0 Å². The number of hydrogen-bond acceptors (Lipinski definition) is 3. The lowest BCUT2D eigenvalue weighted by Gasteiger charge is -2.37. The molecule has 3 nitrogen and oxygen atoms in total. The van der Waals surface area contributed by atoms with Crippen LogP contribution in [0.15, 0.2) is 18.2 Å². The smallest absolute Gasteiger partial charge is 0.347 e. The van der Waals surface area contributed by atoms with Crippen LogP contribution < -0.4 is 0 Å². The minimum Gasteiger partial charge on any atom is -0.386 e. The predicted molar refractivity (Wildman–Crippen MR) is 77.8 cm³/mol. The Balaban J connectivity index is 2.54. The van der Waals surface area contributed by atoms with Gasteiger partial charge in [0.25, 0.3) is 0 Å². The van der Waals surface area contributed by atoms with Gasteiger partial charge in [-0.1, -0.05) is 53.2 Å². The number of esters is 2. The molecule has 108 valence electrons. The van der Waals surface area contributed by atoms with Crippen molar-refractivity contribution in [2.45, 2.75) is 46.5 Å². The summed E-state index contributed by atoms with van der Waals surface area (Å²) in [5.74, 6) is -0.111. The Labute approximate surface area is 120 Å². The molecule has 0 spiro atoms. The van der Waals surface area contributed by atoms with Crippen molar-refractivity contribution in [1.82, 2.24) is 0 Å². The van der Waals surface area contributed by atoms with E-state index in [-0.39, 0.29) is 5.41 Å². The molecular weight excluding hydrogens is 252 g/mol. The fourth-order valence-corrected chi connectivity index (χ4v) is 2.98. The first-order valence-corrected chi connectivity index (χ1v) is 7.20. The second kappa shape index (κ2) is 5.04. The molecule has 1 aliphatic rings. The molecule has 2 atom stereocenters. The highest BCUT2D eigenvalue weighted by Gasteiger charge is 2.39. The van der Waals surface area contributed by atoms with Gasteiger partial charge in [0.2, 0.25) is 0 Å². The van der Waals surface area contributed by atoms with Crippen molar-refractivity contribution in [2.24, 2.45) is 11.8 Å². The van der Waals surface area contributed by atoms with Gasteiger partial charge in [-0.25, -0.2) is 9.59 Å². The van der Waals surface area contributed by atoms with E-state index in [4.69, 9.17) is 4.74 Å². The Morgan fingerprint density at radius 2 is 1.80 bits per heavy atom. The summed E-state index contributed by atoms with van der Waals surface area (Å²) in [4.78, 5) is 23.6. The molecule has 0 amide bonds. The van der Waals surface area contributed by atoms with E-state index in [2.05, 4.69) is 34.6 Å². The second-order valence-electron chi connectivity index (χ2n) is 6.30. The summed E-state index contributed by atoms with van der Waals surface area (Å²) in [5.41, 5.74) is 1.58. The van der Waals surface area contributed by atoms with Gasteiger partial charge in [-0.3, -0.25) is 0 Å². The normalized spacial score (nSPS) is 17.6. The van der Waals surface area contributed by atoms with Gasteiger partial charge in [-0.05, 0) is 28.9 Å². The van der Waals surface area contributed by atoms with E-state index in [0.717, 1.165) is 12.0 Å². The van der Waals surface area contributed by atoms with E-state index in [9.17, 15) is 9.59 Å². The highest BCUT2D eigenvalue weighted by atomic mass is 16.6. The van der Waals surface area contributed by atoms with Gasteiger partial charge in [0, 0.05) is 0 Å². The zero-order valence-corrected chi connectivity index (χ0v) is 12.8. The van der Waals surface area contributed by atoms with Crippen LogP contribution in [0.25, 0.3) is 0 Å². The van der Waals surface area contributed by atoms with E-state index < -0.39 is 11.9 Å². The molecule has 2 rings (SSSR count). The van der Waals surface area contributed by atoms with Gasteiger partial charge < -0.3 is 4.74 Å². The van der Waals surface area contributed by atoms with Crippen molar-refractivity contribution in [3.05, 3.63) is 34.9 Å². The van der Waals surface area contributed by atoms with Crippen LogP contribution in [0.4, 0.5) is 0 Å². The van der Waals surface area contributed by atoms with Crippen molar-refractivity contribution in [3.8, 4) is 0 Å². The van der Waals surface area contributed by atoms with E-state index in [1.165, 1.54) is 0 Å².